The molecule has 2 aromatic heterocycles. The van der Waals surface area contributed by atoms with Crippen LogP contribution >= 0.6 is 11.8 Å². The topological polar surface area (TPSA) is 104 Å². The maximum absolute atomic E-state index is 12.4. The van der Waals surface area contributed by atoms with Crippen molar-refractivity contribution in [3.63, 3.8) is 0 Å². The van der Waals surface area contributed by atoms with E-state index in [0.29, 0.717) is 21.8 Å². The van der Waals surface area contributed by atoms with Crippen LogP contribution in [0.1, 0.15) is 5.76 Å². The van der Waals surface area contributed by atoms with Crippen LogP contribution in [0.15, 0.2) is 52.0 Å². The van der Waals surface area contributed by atoms with Gasteiger partial charge in [0.15, 0.2) is 5.16 Å². The zero-order valence-electron chi connectivity index (χ0n) is 14.3. The molecule has 7 nitrogen and oxygen atoms in total. The van der Waals surface area contributed by atoms with Crippen LogP contribution in [0.5, 0.6) is 5.75 Å². The summed E-state index contributed by atoms with van der Waals surface area (Å²) in [5.74, 6) is 0.712. The van der Waals surface area contributed by atoms with Crippen LogP contribution in [0.3, 0.4) is 0 Å². The lowest BCUT2D eigenvalue weighted by molar-refractivity contribution is -0.113. The predicted octanol–water partition coefficient (Wildman–Crippen LogP) is 3.92. The van der Waals surface area contributed by atoms with Gasteiger partial charge >= 0.3 is 0 Å². The largest absolute Gasteiger partial charge is 0.497 e. The number of thioether (sulfide) groups is 1. The molecule has 0 aliphatic heterocycles. The molecule has 0 fully saturated rings. The zero-order chi connectivity index (χ0) is 18.8. The molecule has 0 spiro atoms. The molecule has 0 unspecified atom stereocenters. The molecule has 0 atom stereocenters. The molecule has 27 heavy (non-hydrogen) atoms. The minimum Gasteiger partial charge on any atom is -0.497 e. The van der Waals surface area contributed by atoms with Crippen LogP contribution in [-0.2, 0) is 4.79 Å². The minimum absolute atomic E-state index is 0.0883. The number of anilines is 1. The number of nitriles is 1. The highest BCUT2D eigenvalue weighted by molar-refractivity contribution is 7.99. The van der Waals surface area contributed by atoms with Crippen LogP contribution in [0, 0.1) is 11.3 Å². The lowest BCUT2D eigenvalue weighted by Crippen LogP contribution is -2.14. The lowest BCUT2D eigenvalue weighted by Gasteiger charge is -2.02. The van der Waals surface area contributed by atoms with Gasteiger partial charge in [-0.3, -0.25) is 4.79 Å². The lowest BCUT2D eigenvalue weighted by atomic mass is 10.2. The van der Waals surface area contributed by atoms with Crippen LogP contribution in [0.2, 0.25) is 0 Å². The number of ether oxygens (including phenoxy) is 1. The van der Waals surface area contributed by atoms with Crippen molar-refractivity contribution >= 4 is 45.4 Å². The number of aromatic amines is 1. The molecule has 4 rings (SSSR count). The molecule has 0 saturated heterocycles. The van der Waals surface area contributed by atoms with E-state index in [1.807, 2.05) is 36.4 Å². The molecule has 0 aliphatic rings. The van der Waals surface area contributed by atoms with E-state index in [2.05, 4.69) is 15.3 Å². The average molecular weight is 378 g/mol. The maximum Gasteiger partial charge on any atom is 0.234 e. The fourth-order valence-corrected chi connectivity index (χ4v) is 3.40. The van der Waals surface area contributed by atoms with Gasteiger partial charge in [0, 0.05) is 11.5 Å². The van der Waals surface area contributed by atoms with Gasteiger partial charge in [-0.25, -0.2) is 4.98 Å². The van der Waals surface area contributed by atoms with Gasteiger partial charge in [0.05, 0.1) is 23.9 Å². The van der Waals surface area contributed by atoms with Crippen molar-refractivity contribution in [2.45, 2.75) is 5.16 Å². The zero-order valence-corrected chi connectivity index (χ0v) is 15.1. The van der Waals surface area contributed by atoms with Crippen molar-refractivity contribution < 1.29 is 13.9 Å². The summed E-state index contributed by atoms with van der Waals surface area (Å²) in [6, 6.07) is 14.7. The Labute approximate surface area is 158 Å². The Balaban J connectivity index is 1.48. The smallest absolute Gasteiger partial charge is 0.234 e. The van der Waals surface area contributed by atoms with Crippen molar-refractivity contribution in [3.8, 4) is 11.8 Å². The number of para-hydroxylation sites is 1. The SMILES string of the molecule is COc1ccc2nc(SCC(=O)Nc3c(C#N)oc4ccccc34)[nH]c2c1. The van der Waals surface area contributed by atoms with Crippen molar-refractivity contribution in [1.29, 1.82) is 5.26 Å². The highest BCUT2D eigenvalue weighted by Gasteiger charge is 2.16. The standard InChI is InChI=1S/C19H14N4O3S/c1-25-11-6-7-13-14(8-11)22-19(21-13)27-10-17(24)23-18-12-4-2-3-5-15(12)26-16(18)9-20/h2-8H,10H2,1H3,(H,21,22)(H,23,24). The normalized spacial score (nSPS) is 10.8. The van der Waals surface area contributed by atoms with Gasteiger partial charge in [-0.05, 0) is 24.3 Å². The fourth-order valence-electron chi connectivity index (χ4n) is 2.72. The Morgan fingerprint density at radius 2 is 2.22 bits per heavy atom. The fraction of sp³-hybridized carbons (Fsp3) is 0.105. The molecule has 0 radical (unpaired) electrons. The number of rotatable bonds is 5. The molecule has 8 heteroatoms. The summed E-state index contributed by atoms with van der Waals surface area (Å²) in [5, 5.41) is 13.3. The van der Waals surface area contributed by atoms with Gasteiger partial charge in [0.1, 0.15) is 23.1 Å². The maximum atomic E-state index is 12.4. The van der Waals surface area contributed by atoms with E-state index >= 15 is 0 Å². The summed E-state index contributed by atoms with van der Waals surface area (Å²) >= 11 is 1.28. The van der Waals surface area contributed by atoms with E-state index in [1.54, 1.807) is 19.2 Å². The highest BCUT2D eigenvalue weighted by Crippen LogP contribution is 2.30. The van der Waals surface area contributed by atoms with Gasteiger partial charge in [-0.15, -0.1) is 0 Å². The second-order valence-corrected chi connectivity index (χ2v) is 6.64. The third-order valence-corrected chi connectivity index (χ3v) is 4.84. The Morgan fingerprint density at radius 3 is 3.04 bits per heavy atom. The van der Waals surface area contributed by atoms with E-state index in [4.69, 9.17) is 9.15 Å². The number of fused-ring (bicyclic) bond motifs is 2. The van der Waals surface area contributed by atoms with Crippen molar-refractivity contribution in [3.05, 3.63) is 48.2 Å². The molecule has 134 valence electrons. The van der Waals surface area contributed by atoms with Crippen LogP contribution in [0.4, 0.5) is 5.69 Å². The first-order chi connectivity index (χ1) is 13.2. The summed E-state index contributed by atoms with van der Waals surface area (Å²) in [6.45, 7) is 0. The summed E-state index contributed by atoms with van der Waals surface area (Å²) < 4.78 is 10.7. The third kappa shape index (κ3) is 3.32. The number of methoxy groups -OCH3 is 1. The average Bonchev–Trinajstić information content (AvgIpc) is 3.26. The van der Waals surface area contributed by atoms with E-state index in [0.717, 1.165) is 16.8 Å². The van der Waals surface area contributed by atoms with Gasteiger partial charge in [-0.2, -0.15) is 5.26 Å². The first-order valence-corrected chi connectivity index (χ1v) is 9.04. The second kappa shape index (κ2) is 7.05. The number of furan rings is 1. The van der Waals surface area contributed by atoms with Crippen molar-refractivity contribution in [2.24, 2.45) is 0 Å². The Morgan fingerprint density at radius 1 is 1.37 bits per heavy atom. The first kappa shape index (κ1) is 17.0. The Kier molecular flexibility index (Phi) is 4.44. The second-order valence-electron chi connectivity index (χ2n) is 5.68. The number of hydrogen-bond acceptors (Lipinski definition) is 6. The van der Waals surface area contributed by atoms with Crippen molar-refractivity contribution in [2.75, 3.05) is 18.2 Å². The van der Waals surface area contributed by atoms with E-state index in [9.17, 15) is 10.1 Å². The summed E-state index contributed by atoms with van der Waals surface area (Å²) in [6.07, 6.45) is 0. The number of imidazole rings is 1. The quantitative estimate of drug-likeness (QED) is 0.510. The number of carbonyl (C=O) groups excluding carboxylic acids is 1. The number of nitrogens with zero attached hydrogens (tertiary/aromatic N) is 2. The number of nitrogens with one attached hydrogen (secondary N) is 2. The summed E-state index contributed by atoms with van der Waals surface area (Å²) in [7, 11) is 1.60. The van der Waals surface area contributed by atoms with E-state index < -0.39 is 0 Å². The van der Waals surface area contributed by atoms with Gasteiger partial charge in [0.25, 0.3) is 0 Å². The Hall–Kier alpha value is -3.44. The van der Waals surface area contributed by atoms with E-state index in [1.165, 1.54) is 11.8 Å². The highest BCUT2D eigenvalue weighted by atomic mass is 32.2. The number of H-pyrrole nitrogens is 1. The molecule has 1 amide bonds. The summed E-state index contributed by atoms with van der Waals surface area (Å²) in [4.78, 5) is 20.0. The number of benzene rings is 2. The monoisotopic (exact) mass is 378 g/mol. The molecule has 2 heterocycles. The predicted molar refractivity (Wildman–Crippen MR) is 103 cm³/mol. The summed E-state index contributed by atoms with van der Waals surface area (Å²) in [5.41, 5.74) is 2.59. The van der Waals surface area contributed by atoms with Gasteiger partial charge < -0.3 is 19.5 Å². The third-order valence-electron chi connectivity index (χ3n) is 3.97. The van der Waals surface area contributed by atoms with Crippen LogP contribution in [-0.4, -0.2) is 28.7 Å². The van der Waals surface area contributed by atoms with Crippen LogP contribution < -0.4 is 10.1 Å². The van der Waals surface area contributed by atoms with Gasteiger partial charge in [-0.1, -0.05) is 23.9 Å². The molecule has 4 aromatic rings. The molecule has 0 aliphatic carbocycles. The van der Waals surface area contributed by atoms with Crippen molar-refractivity contribution in [1.82, 2.24) is 9.97 Å². The molecule has 2 N–H and O–H groups in total. The number of hydrogen-bond donors (Lipinski definition) is 2. The number of carbonyl (C=O) groups is 1. The Bertz CT molecular complexity index is 1190. The van der Waals surface area contributed by atoms with Crippen LogP contribution in [0.25, 0.3) is 22.0 Å². The first-order valence-electron chi connectivity index (χ1n) is 8.06. The molecule has 0 bridgehead atoms. The molecule has 2 aromatic carbocycles. The number of aromatic nitrogens is 2. The molecular weight excluding hydrogens is 364 g/mol. The van der Waals surface area contributed by atoms with E-state index in [-0.39, 0.29) is 17.4 Å². The van der Waals surface area contributed by atoms with Gasteiger partial charge in [0.2, 0.25) is 11.7 Å². The number of amides is 1. The molecular formula is C19H14N4O3S. The molecule has 0 saturated carbocycles. The minimum atomic E-state index is -0.249.